The van der Waals surface area contributed by atoms with Crippen LogP contribution in [0.1, 0.15) is 23.9 Å². The van der Waals surface area contributed by atoms with Crippen molar-refractivity contribution < 1.29 is 0 Å². The molecule has 2 aromatic rings. The third-order valence-corrected chi connectivity index (χ3v) is 3.06. The zero-order chi connectivity index (χ0) is 13.0. The summed E-state index contributed by atoms with van der Waals surface area (Å²) >= 11 is 3.40. The average molecular weight is 306 g/mol. The van der Waals surface area contributed by atoms with E-state index in [9.17, 15) is 0 Å². The van der Waals surface area contributed by atoms with E-state index in [2.05, 4.69) is 62.4 Å². The summed E-state index contributed by atoms with van der Waals surface area (Å²) in [6.07, 6.45) is 0.832. The third kappa shape index (κ3) is 3.53. The van der Waals surface area contributed by atoms with Crippen molar-refractivity contribution in [1.29, 1.82) is 0 Å². The van der Waals surface area contributed by atoms with Crippen LogP contribution in [0.3, 0.4) is 0 Å². The van der Waals surface area contributed by atoms with Gasteiger partial charge < -0.3 is 5.32 Å². The zero-order valence-electron chi connectivity index (χ0n) is 10.6. The van der Waals surface area contributed by atoms with Gasteiger partial charge in [0.2, 0.25) is 0 Å². The van der Waals surface area contributed by atoms with Crippen LogP contribution in [0.5, 0.6) is 0 Å². The summed E-state index contributed by atoms with van der Waals surface area (Å²) < 4.78 is 0.820. The van der Waals surface area contributed by atoms with Gasteiger partial charge in [-0.3, -0.25) is 0 Å². The second-order valence-electron chi connectivity index (χ2n) is 4.18. The molecule has 0 spiro atoms. The predicted molar refractivity (Wildman–Crippen MR) is 77.6 cm³/mol. The van der Waals surface area contributed by atoms with Crippen LogP contribution in [0.4, 0.5) is 5.82 Å². The van der Waals surface area contributed by atoms with Crippen LogP contribution in [0.25, 0.3) is 0 Å². The highest BCUT2D eigenvalue weighted by atomic mass is 79.9. The van der Waals surface area contributed by atoms with E-state index in [-0.39, 0.29) is 0 Å². The van der Waals surface area contributed by atoms with Crippen molar-refractivity contribution in [2.75, 3.05) is 5.32 Å². The molecule has 1 aromatic carbocycles. The number of nitrogens with one attached hydrogen (secondary N) is 1. The molecule has 0 aliphatic carbocycles. The van der Waals surface area contributed by atoms with Crippen molar-refractivity contribution in [3.05, 3.63) is 51.9 Å². The molecular weight excluding hydrogens is 290 g/mol. The quantitative estimate of drug-likeness (QED) is 0.875. The van der Waals surface area contributed by atoms with Crippen LogP contribution in [-0.2, 0) is 13.0 Å². The average Bonchev–Trinajstić information content (AvgIpc) is 2.37. The molecule has 0 saturated carbocycles. The number of anilines is 1. The first kappa shape index (κ1) is 13.0. The number of rotatable bonds is 4. The molecule has 0 atom stereocenters. The van der Waals surface area contributed by atoms with Gasteiger partial charge in [0.15, 0.2) is 0 Å². The molecule has 2 rings (SSSR count). The molecule has 0 aliphatic rings. The van der Waals surface area contributed by atoms with Gasteiger partial charge in [-0.2, -0.15) is 0 Å². The first-order chi connectivity index (χ1) is 8.67. The molecule has 0 radical (unpaired) electrons. The molecule has 0 amide bonds. The standard InChI is InChI=1S/C14H16BrN3/c1-3-13-17-12(15)8-14(18-13)16-9-11-6-4-10(2)5-7-11/h4-8H,3,9H2,1-2H3,(H,16,17,18). The van der Waals surface area contributed by atoms with Crippen LogP contribution < -0.4 is 5.32 Å². The van der Waals surface area contributed by atoms with Gasteiger partial charge in [-0.15, -0.1) is 0 Å². The summed E-state index contributed by atoms with van der Waals surface area (Å²) in [4.78, 5) is 8.72. The summed E-state index contributed by atoms with van der Waals surface area (Å²) in [5, 5.41) is 3.31. The lowest BCUT2D eigenvalue weighted by Gasteiger charge is -2.07. The Kier molecular flexibility index (Phi) is 4.31. The van der Waals surface area contributed by atoms with Crippen molar-refractivity contribution in [1.82, 2.24) is 9.97 Å². The number of aryl methyl sites for hydroxylation is 2. The summed E-state index contributed by atoms with van der Waals surface area (Å²) in [5.74, 6) is 1.70. The summed E-state index contributed by atoms with van der Waals surface area (Å²) in [5.41, 5.74) is 2.52. The first-order valence-electron chi connectivity index (χ1n) is 6.00. The lowest BCUT2D eigenvalue weighted by Crippen LogP contribution is -2.04. The molecule has 0 aliphatic heterocycles. The Morgan fingerprint density at radius 1 is 1.17 bits per heavy atom. The van der Waals surface area contributed by atoms with Gasteiger partial charge >= 0.3 is 0 Å². The molecule has 18 heavy (non-hydrogen) atoms. The molecule has 0 saturated heterocycles. The van der Waals surface area contributed by atoms with Crippen molar-refractivity contribution in [3.8, 4) is 0 Å². The Morgan fingerprint density at radius 3 is 2.56 bits per heavy atom. The van der Waals surface area contributed by atoms with E-state index in [0.29, 0.717) is 0 Å². The maximum absolute atomic E-state index is 4.43. The second kappa shape index (κ2) is 5.96. The molecule has 0 bridgehead atoms. The topological polar surface area (TPSA) is 37.8 Å². The van der Waals surface area contributed by atoms with Crippen molar-refractivity contribution in [2.45, 2.75) is 26.8 Å². The zero-order valence-corrected chi connectivity index (χ0v) is 12.2. The Balaban J connectivity index is 2.05. The Morgan fingerprint density at radius 2 is 1.89 bits per heavy atom. The van der Waals surface area contributed by atoms with Crippen LogP contribution in [-0.4, -0.2) is 9.97 Å². The predicted octanol–water partition coefficient (Wildman–Crippen LogP) is 3.72. The second-order valence-corrected chi connectivity index (χ2v) is 5.00. The van der Waals surface area contributed by atoms with E-state index in [1.807, 2.05) is 13.0 Å². The highest BCUT2D eigenvalue weighted by molar-refractivity contribution is 9.10. The van der Waals surface area contributed by atoms with Crippen LogP contribution in [0, 0.1) is 6.92 Å². The number of benzene rings is 1. The number of halogens is 1. The smallest absolute Gasteiger partial charge is 0.131 e. The molecule has 1 heterocycles. The van der Waals surface area contributed by atoms with Gasteiger partial charge in [-0.25, -0.2) is 9.97 Å². The van der Waals surface area contributed by atoms with Crippen LogP contribution in [0.15, 0.2) is 34.9 Å². The molecule has 3 nitrogen and oxygen atoms in total. The highest BCUT2D eigenvalue weighted by Gasteiger charge is 2.01. The van der Waals surface area contributed by atoms with E-state index in [1.54, 1.807) is 0 Å². The largest absolute Gasteiger partial charge is 0.366 e. The van der Waals surface area contributed by atoms with E-state index in [0.717, 1.165) is 29.2 Å². The maximum atomic E-state index is 4.43. The minimum absolute atomic E-state index is 0.771. The number of nitrogens with zero attached hydrogens (tertiary/aromatic N) is 2. The van der Waals surface area contributed by atoms with E-state index in [1.165, 1.54) is 11.1 Å². The Hall–Kier alpha value is -1.42. The van der Waals surface area contributed by atoms with Gasteiger partial charge in [0.1, 0.15) is 16.2 Å². The molecule has 0 fully saturated rings. The SMILES string of the molecule is CCc1nc(Br)cc(NCc2ccc(C)cc2)n1. The first-order valence-corrected chi connectivity index (χ1v) is 6.79. The van der Waals surface area contributed by atoms with E-state index < -0.39 is 0 Å². The number of hydrogen-bond acceptors (Lipinski definition) is 3. The molecule has 94 valence electrons. The molecule has 0 unspecified atom stereocenters. The van der Waals surface area contributed by atoms with Gasteiger partial charge in [0, 0.05) is 19.0 Å². The maximum Gasteiger partial charge on any atom is 0.131 e. The normalized spacial score (nSPS) is 10.4. The van der Waals surface area contributed by atoms with Crippen LogP contribution in [0.2, 0.25) is 0 Å². The minimum Gasteiger partial charge on any atom is -0.366 e. The van der Waals surface area contributed by atoms with Gasteiger partial charge in [-0.1, -0.05) is 36.8 Å². The van der Waals surface area contributed by atoms with Crippen molar-refractivity contribution in [3.63, 3.8) is 0 Å². The fourth-order valence-corrected chi connectivity index (χ4v) is 2.03. The van der Waals surface area contributed by atoms with Gasteiger partial charge in [-0.05, 0) is 28.4 Å². The monoisotopic (exact) mass is 305 g/mol. The van der Waals surface area contributed by atoms with Gasteiger partial charge in [0.25, 0.3) is 0 Å². The van der Waals surface area contributed by atoms with E-state index in [4.69, 9.17) is 0 Å². The Labute approximate surface area is 116 Å². The fourth-order valence-electron chi connectivity index (χ4n) is 1.61. The molecule has 4 heteroatoms. The van der Waals surface area contributed by atoms with Crippen LogP contribution >= 0.6 is 15.9 Å². The summed E-state index contributed by atoms with van der Waals surface area (Å²) in [6, 6.07) is 10.4. The number of aromatic nitrogens is 2. The fraction of sp³-hybridized carbons (Fsp3) is 0.286. The highest BCUT2D eigenvalue weighted by Crippen LogP contribution is 2.14. The van der Waals surface area contributed by atoms with E-state index >= 15 is 0 Å². The van der Waals surface area contributed by atoms with Gasteiger partial charge in [0.05, 0.1) is 0 Å². The Bertz CT molecular complexity index is 523. The molecule has 1 aromatic heterocycles. The third-order valence-electron chi connectivity index (χ3n) is 2.65. The summed E-state index contributed by atoms with van der Waals surface area (Å²) in [6.45, 7) is 4.91. The molecule has 1 N–H and O–H groups in total. The molecular formula is C14H16BrN3. The lowest BCUT2D eigenvalue weighted by atomic mass is 10.1. The van der Waals surface area contributed by atoms with Crippen molar-refractivity contribution >= 4 is 21.7 Å². The lowest BCUT2D eigenvalue weighted by molar-refractivity contribution is 0.921. The number of hydrogen-bond donors (Lipinski definition) is 1. The van der Waals surface area contributed by atoms with Crippen molar-refractivity contribution in [2.24, 2.45) is 0 Å². The minimum atomic E-state index is 0.771. The summed E-state index contributed by atoms with van der Waals surface area (Å²) in [7, 11) is 0.